The predicted octanol–water partition coefficient (Wildman–Crippen LogP) is 3.59. The molecule has 0 aromatic heterocycles. The molecule has 0 fully saturated rings. The van der Waals surface area contributed by atoms with E-state index in [0.717, 1.165) is 0 Å². The molecule has 3 rings (SSSR count). The molecule has 8 nitrogen and oxygen atoms in total. The Morgan fingerprint density at radius 1 is 1.16 bits per heavy atom. The first-order valence-electron chi connectivity index (χ1n) is 9.28. The molecule has 1 aliphatic rings. The van der Waals surface area contributed by atoms with Crippen LogP contribution in [0.2, 0.25) is 0 Å². The predicted molar refractivity (Wildman–Crippen MR) is 121 cm³/mol. The van der Waals surface area contributed by atoms with Gasteiger partial charge < -0.3 is 23.7 Å². The van der Waals surface area contributed by atoms with Crippen LogP contribution in [-0.4, -0.2) is 45.3 Å². The van der Waals surface area contributed by atoms with Crippen LogP contribution in [0.5, 0.6) is 17.2 Å². The van der Waals surface area contributed by atoms with Crippen LogP contribution >= 0.6 is 22.6 Å². The second kappa shape index (κ2) is 10.3. The Hall–Kier alpha value is -3.08. The zero-order chi connectivity index (χ0) is 22.4. The van der Waals surface area contributed by atoms with Gasteiger partial charge in [-0.05, 0) is 77.6 Å². The lowest BCUT2D eigenvalue weighted by Gasteiger charge is -2.13. The van der Waals surface area contributed by atoms with E-state index in [4.69, 9.17) is 23.7 Å². The molecule has 0 radical (unpaired) electrons. The van der Waals surface area contributed by atoms with Crippen molar-refractivity contribution in [1.29, 1.82) is 0 Å². The third-order valence-corrected chi connectivity index (χ3v) is 4.95. The Balaban J connectivity index is 1.84. The van der Waals surface area contributed by atoms with Crippen LogP contribution in [0.3, 0.4) is 0 Å². The summed E-state index contributed by atoms with van der Waals surface area (Å²) >= 11 is 2.06. The van der Waals surface area contributed by atoms with Crippen LogP contribution in [0.4, 0.5) is 0 Å². The molecule has 2 aromatic rings. The van der Waals surface area contributed by atoms with Crippen molar-refractivity contribution in [3.63, 3.8) is 0 Å². The van der Waals surface area contributed by atoms with Crippen LogP contribution in [0.15, 0.2) is 47.1 Å². The van der Waals surface area contributed by atoms with Gasteiger partial charge in [-0.1, -0.05) is 0 Å². The van der Waals surface area contributed by atoms with Crippen LogP contribution < -0.4 is 14.2 Å². The van der Waals surface area contributed by atoms with E-state index in [1.54, 1.807) is 56.5 Å². The number of esters is 2. The lowest BCUT2D eigenvalue weighted by Crippen LogP contribution is -2.15. The number of nitrogens with zero attached hydrogens (tertiary/aromatic N) is 1. The number of carbonyl (C=O) groups is 2. The highest BCUT2D eigenvalue weighted by Gasteiger charge is 2.24. The first-order chi connectivity index (χ1) is 14.9. The van der Waals surface area contributed by atoms with Crippen molar-refractivity contribution in [2.24, 2.45) is 4.99 Å². The van der Waals surface area contributed by atoms with E-state index in [0.29, 0.717) is 31.9 Å². The van der Waals surface area contributed by atoms with Gasteiger partial charge in [0.25, 0.3) is 0 Å². The first-order valence-corrected chi connectivity index (χ1v) is 10.4. The lowest BCUT2D eigenvalue weighted by molar-refractivity contribution is -0.145. The number of methoxy groups -OCH3 is 2. The SMILES string of the molecule is CCOC(=O)COc1c(I)cc(/C=C2/N=C(c3ccc(OC)cc3)OC2=O)cc1OC. The van der Waals surface area contributed by atoms with E-state index < -0.39 is 11.9 Å². The van der Waals surface area contributed by atoms with Gasteiger partial charge in [0.05, 0.1) is 24.4 Å². The molecule has 0 saturated carbocycles. The average molecular weight is 537 g/mol. The summed E-state index contributed by atoms with van der Waals surface area (Å²) in [5.74, 6) is 0.706. The number of cyclic esters (lactones) is 1. The monoisotopic (exact) mass is 537 g/mol. The normalized spacial score (nSPS) is 14.1. The Labute approximate surface area is 192 Å². The van der Waals surface area contributed by atoms with Crippen molar-refractivity contribution < 1.29 is 33.3 Å². The smallest absolute Gasteiger partial charge is 0.363 e. The van der Waals surface area contributed by atoms with E-state index in [1.807, 2.05) is 0 Å². The van der Waals surface area contributed by atoms with Crippen LogP contribution in [0, 0.1) is 3.57 Å². The molecular formula is C22H20INO7. The molecule has 2 aromatic carbocycles. The molecule has 0 spiro atoms. The summed E-state index contributed by atoms with van der Waals surface area (Å²) in [7, 11) is 3.06. The first kappa shape index (κ1) is 22.6. The molecule has 1 heterocycles. The van der Waals surface area contributed by atoms with Crippen molar-refractivity contribution >= 4 is 46.5 Å². The molecule has 0 saturated heterocycles. The van der Waals surface area contributed by atoms with E-state index in [-0.39, 0.29) is 24.8 Å². The minimum absolute atomic E-state index is 0.156. The second-order valence-electron chi connectivity index (χ2n) is 6.19. The van der Waals surface area contributed by atoms with Gasteiger partial charge in [0, 0.05) is 5.56 Å². The number of hydrogen-bond donors (Lipinski definition) is 0. The average Bonchev–Trinajstić information content (AvgIpc) is 3.13. The van der Waals surface area contributed by atoms with Crippen molar-refractivity contribution in [3.05, 3.63) is 56.8 Å². The molecule has 0 unspecified atom stereocenters. The fourth-order valence-electron chi connectivity index (χ4n) is 2.72. The molecule has 0 atom stereocenters. The Kier molecular flexibility index (Phi) is 7.50. The van der Waals surface area contributed by atoms with Crippen molar-refractivity contribution in [2.45, 2.75) is 6.92 Å². The van der Waals surface area contributed by atoms with Gasteiger partial charge in [-0.25, -0.2) is 14.6 Å². The Morgan fingerprint density at radius 2 is 1.90 bits per heavy atom. The maximum Gasteiger partial charge on any atom is 0.363 e. The highest BCUT2D eigenvalue weighted by Crippen LogP contribution is 2.35. The highest BCUT2D eigenvalue weighted by molar-refractivity contribution is 14.1. The summed E-state index contributed by atoms with van der Waals surface area (Å²) in [6.45, 7) is 1.77. The molecule has 0 bridgehead atoms. The number of benzene rings is 2. The summed E-state index contributed by atoms with van der Waals surface area (Å²) in [5, 5.41) is 0. The minimum atomic E-state index is -0.553. The maximum atomic E-state index is 12.3. The number of rotatable bonds is 8. The Morgan fingerprint density at radius 3 is 2.55 bits per heavy atom. The highest BCUT2D eigenvalue weighted by atomic mass is 127. The number of ether oxygens (including phenoxy) is 5. The number of hydrogen-bond acceptors (Lipinski definition) is 8. The van der Waals surface area contributed by atoms with E-state index in [2.05, 4.69) is 27.6 Å². The van der Waals surface area contributed by atoms with Crippen LogP contribution in [-0.2, 0) is 19.1 Å². The number of carbonyl (C=O) groups excluding carboxylic acids is 2. The lowest BCUT2D eigenvalue weighted by atomic mass is 10.1. The molecule has 0 amide bonds. The second-order valence-corrected chi connectivity index (χ2v) is 7.35. The summed E-state index contributed by atoms with van der Waals surface area (Å²) in [5.41, 5.74) is 1.48. The van der Waals surface area contributed by atoms with Gasteiger partial charge >= 0.3 is 11.9 Å². The molecule has 1 aliphatic heterocycles. The summed E-state index contributed by atoms with van der Waals surface area (Å²) in [6.07, 6.45) is 1.60. The summed E-state index contributed by atoms with van der Waals surface area (Å²) < 4.78 is 26.9. The van der Waals surface area contributed by atoms with E-state index in [9.17, 15) is 9.59 Å². The van der Waals surface area contributed by atoms with Crippen LogP contribution in [0.1, 0.15) is 18.1 Å². The minimum Gasteiger partial charge on any atom is -0.497 e. The molecule has 0 N–H and O–H groups in total. The van der Waals surface area contributed by atoms with Crippen molar-refractivity contribution in [3.8, 4) is 17.2 Å². The quantitative estimate of drug-likeness (QED) is 0.289. The fourth-order valence-corrected chi connectivity index (χ4v) is 3.50. The fraction of sp³-hybridized carbons (Fsp3) is 0.227. The zero-order valence-electron chi connectivity index (χ0n) is 17.1. The van der Waals surface area contributed by atoms with Gasteiger partial charge in [-0.2, -0.15) is 0 Å². The third kappa shape index (κ3) is 5.54. The Bertz CT molecular complexity index is 1040. The van der Waals surface area contributed by atoms with Crippen LogP contribution in [0.25, 0.3) is 6.08 Å². The molecule has 0 aliphatic carbocycles. The summed E-state index contributed by atoms with van der Waals surface area (Å²) in [6, 6.07) is 10.5. The van der Waals surface area contributed by atoms with Gasteiger partial charge in [0.1, 0.15) is 5.75 Å². The topological polar surface area (TPSA) is 92.7 Å². The molecule has 31 heavy (non-hydrogen) atoms. The molecule has 9 heteroatoms. The largest absolute Gasteiger partial charge is 0.497 e. The third-order valence-electron chi connectivity index (χ3n) is 4.15. The molecular weight excluding hydrogens is 517 g/mol. The van der Waals surface area contributed by atoms with Gasteiger partial charge in [0.2, 0.25) is 5.90 Å². The maximum absolute atomic E-state index is 12.3. The zero-order valence-corrected chi connectivity index (χ0v) is 19.3. The summed E-state index contributed by atoms with van der Waals surface area (Å²) in [4.78, 5) is 28.2. The van der Waals surface area contributed by atoms with E-state index in [1.165, 1.54) is 7.11 Å². The van der Waals surface area contributed by atoms with Crippen molar-refractivity contribution in [2.75, 3.05) is 27.4 Å². The number of aliphatic imine (C=N–C) groups is 1. The number of halogens is 1. The standard InChI is InChI=1S/C22H20INO7/c1-4-29-19(25)12-30-20-16(23)9-13(11-18(20)28-3)10-17-22(26)31-21(24-17)14-5-7-15(27-2)8-6-14/h5-11H,4,12H2,1-3H3/b17-10+. The van der Waals surface area contributed by atoms with Gasteiger partial charge in [-0.15, -0.1) is 0 Å². The van der Waals surface area contributed by atoms with Gasteiger partial charge in [-0.3, -0.25) is 0 Å². The van der Waals surface area contributed by atoms with Gasteiger partial charge in [0.15, 0.2) is 23.8 Å². The molecule has 162 valence electrons. The van der Waals surface area contributed by atoms with E-state index >= 15 is 0 Å². The van der Waals surface area contributed by atoms with Crippen molar-refractivity contribution in [1.82, 2.24) is 0 Å².